The summed E-state index contributed by atoms with van der Waals surface area (Å²) in [6.07, 6.45) is 0. The summed E-state index contributed by atoms with van der Waals surface area (Å²) in [4.78, 5) is 19.1. The van der Waals surface area contributed by atoms with E-state index in [9.17, 15) is 4.79 Å². The topological polar surface area (TPSA) is 77.0 Å². The average molecular weight is 469 g/mol. The van der Waals surface area contributed by atoms with E-state index in [1.165, 1.54) is 11.8 Å². The quantitative estimate of drug-likeness (QED) is 0.331. The van der Waals surface area contributed by atoms with E-state index in [1.807, 2.05) is 61.7 Å². The second-order valence-corrected chi connectivity index (χ2v) is 9.40. The molecule has 3 aromatic heterocycles. The van der Waals surface area contributed by atoms with Gasteiger partial charge in [0, 0.05) is 5.69 Å². The third-order valence-electron chi connectivity index (χ3n) is 4.20. The van der Waals surface area contributed by atoms with Gasteiger partial charge in [-0.25, -0.2) is 4.98 Å². The fraction of sp³-hybridized carbons (Fsp3) is 0.182. The van der Waals surface area contributed by atoms with Crippen LogP contribution in [-0.2, 0) is 4.79 Å². The number of amides is 1. The van der Waals surface area contributed by atoms with Gasteiger partial charge in [0.1, 0.15) is 21.5 Å². The number of aryl methyl sites for hydroxylation is 1. The first kappa shape index (κ1) is 21.5. The highest BCUT2D eigenvalue weighted by atomic mass is 32.2. The molecular formula is C22H20N4O2S3. The number of aromatic nitrogens is 3. The molecule has 0 fully saturated rings. The van der Waals surface area contributed by atoms with Gasteiger partial charge in [-0.3, -0.25) is 4.79 Å². The van der Waals surface area contributed by atoms with Crippen LogP contribution in [-0.4, -0.2) is 33.4 Å². The van der Waals surface area contributed by atoms with E-state index in [-0.39, 0.29) is 11.7 Å². The maximum atomic E-state index is 12.2. The largest absolute Gasteiger partial charge is 0.494 e. The van der Waals surface area contributed by atoms with Gasteiger partial charge in [0.25, 0.3) is 0 Å². The van der Waals surface area contributed by atoms with Gasteiger partial charge in [-0.15, -0.1) is 32.9 Å². The molecule has 1 amide bonds. The van der Waals surface area contributed by atoms with Crippen LogP contribution < -0.4 is 10.1 Å². The van der Waals surface area contributed by atoms with Crippen LogP contribution in [0, 0.1) is 6.92 Å². The Bertz CT molecular complexity index is 1140. The maximum absolute atomic E-state index is 12.2. The number of thiazole rings is 1. The van der Waals surface area contributed by atoms with E-state index in [0.29, 0.717) is 11.6 Å². The molecule has 1 aromatic carbocycles. The Labute approximate surface area is 192 Å². The van der Waals surface area contributed by atoms with Crippen molar-refractivity contribution in [3.63, 3.8) is 0 Å². The molecular weight excluding hydrogens is 448 g/mol. The van der Waals surface area contributed by atoms with Crippen LogP contribution in [0.15, 0.2) is 58.9 Å². The zero-order valence-electron chi connectivity index (χ0n) is 17.0. The van der Waals surface area contributed by atoms with Crippen molar-refractivity contribution in [2.24, 2.45) is 0 Å². The minimum atomic E-state index is -0.0982. The second kappa shape index (κ2) is 10.0. The molecule has 0 aliphatic rings. The molecule has 0 saturated heterocycles. The van der Waals surface area contributed by atoms with Gasteiger partial charge in [-0.1, -0.05) is 17.8 Å². The molecule has 0 saturated carbocycles. The van der Waals surface area contributed by atoms with Crippen molar-refractivity contribution in [3.05, 3.63) is 59.6 Å². The minimum absolute atomic E-state index is 0.0982. The lowest BCUT2D eigenvalue weighted by molar-refractivity contribution is -0.113. The monoisotopic (exact) mass is 468 g/mol. The van der Waals surface area contributed by atoms with Gasteiger partial charge in [-0.05, 0) is 61.7 Å². The van der Waals surface area contributed by atoms with Crippen LogP contribution in [0.3, 0.4) is 0 Å². The smallest absolute Gasteiger partial charge is 0.234 e. The van der Waals surface area contributed by atoms with E-state index < -0.39 is 0 Å². The molecule has 0 aliphatic heterocycles. The number of nitrogens with one attached hydrogen (secondary N) is 1. The number of benzene rings is 1. The number of thioether (sulfide) groups is 1. The number of ether oxygens (including phenoxy) is 1. The molecule has 0 unspecified atom stereocenters. The first-order valence-corrected chi connectivity index (χ1v) is 12.3. The van der Waals surface area contributed by atoms with Crippen molar-refractivity contribution in [1.82, 2.24) is 15.2 Å². The van der Waals surface area contributed by atoms with E-state index in [0.717, 1.165) is 37.6 Å². The van der Waals surface area contributed by atoms with Gasteiger partial charge in [0.05, 0.1) is 27.8 Å². The van der Waals surface area contributed by atoms with Gasteiger partial charge in [-0.2, -0.15) is 0 Å². The number of carbonyl (C=O) groups is 1. The number of thiophene rings is 1. The summed E-state index contributed by atoms with van der Waals surface area (Å²) in [5.74, 6) is 0.937. The average Bonchev–Trinajstić information content (AvgIpc) is 3.44. The van der Waals surface area contributed by atoms with Crippen molar-refractivity contribution in [2.75, 3.05) is 17.7 Å². The normalized spacial score (nSPS) is 10.8. The third kappa shape index (κ3) is 5.49. The highest BCUT2D eigenvalue weighted by molar-refractivity contribution is 7.99. The van der Waals surface area contributed by atoms with Crippen molar-refractivity contribution >= 4 is 46.0 Å². The van der Waals surface area contributed by atoms with Crippen molar-refractivity contribution in [2.45, 2.75) is 18.9 Å². The molecule has 3 heterocycles. The van der Waals surface area contributed by atoms with E-state index in [2.05, 4.69) is 26.6 Å². The Morgan fingerprint density at radius 1 is 1.13 bits per heavy atom. The fourth-order valence-corrected chi connectivity index (χ4v) is 5.24. The van der Waals surface area contributed by atoms with Crippen LogP contribution in [0.2, 0.25) is 0 Å². The molecule has 0 spiro atoms. The van der Waals surface area contributed by atoms with Gasteiger partial charge in [0.2, 0.25) is 5.91 Å². The Morgan fingerprint density at radius 2 is 1.97 bits per heavy atom. The van der Waals surface area contributed by atoms with Crippen LogP contribution in [0.25, 0.3) is 20.5 Å². The summed E-state index contributed by atoms with van der Waals surface area (Å²) in [6.45, 7) is 4.53. The SMILES string of the molecule is CCOc1ccc(NC(=O)CSc2ccc(-c3sc(-c4cccs4)nc3C)nn2)cc1. The van der Waals surface area contributed by atoms with E-state index in [4.69, 9.17) is 4.74 Å². The van der Waals surface area contributed by atoms with Crippen LogP contribution in [0.1, 0.15) is 12.6 Å². The number of nitrogens with zero attached hydrogens (tertiary/aromatic N) is 3. The highest BCUT2D eigenvalue weighted by Gasteiger charge is 2.14. The molecule has 31 heavy (non-hydrogen) atoms. The number of rotatable bonds is 8. The molecule has 1 N–H and O–H groups in total. The zero-order valence-corrected chi connectivity index (χ0v) is 19.4. The first-order valence-electron chi connectivity index (χ1n) is 9.63. The highest BCUT2D eigenvalue weighted by Crippen LogP contribution is 2.36. The summed E-state index contributed by atoms with van der Waals surface area (Å²) in [5.41, 5.74) is 2.47. The lowest BCUT2D eigenvalue weighted by atomic mass is 10.3. The summed E-state index contributed by atoms with van der Waals surface area (Å²) in [7, 11) is 0. The molecule has 0 aliphatic carbocycles. The number of hydrogen-bond donors (Lipinski definition) is 1. The predicted molar refractivity (Wildman–Crippen MR) is 128 cm³/mol. The maximum Gasteiger partial charge on any atom is 0.234 e. The summed E-state index contributed by atoms with van der Waals surface area (Å²) < 4.78 is 5.41. The van der Waals surface area contributed by atoms with Crippen LogP contribution >= 0.6 is 34.4 Å². The van der Waals surface area contributed by atoms with Crippen LogP contribution in [0.4, 0.5) is 5.69 Å². The number of hydrogen-bond acceptors (Lipinski definition) is 8. The lowest BCUT2D eigenvalue weighted by Crippen LogP contribution is -2.14. The standard InChI is InChI=1S/C22H20N4O2S3/c1-3-28-16-8-6-15(7-9-16)24-19(27)13-30-20-11-10-17(25-26-20)21-14(2)23-22(31-21)18-5-4-12-29-18/h4-12H,3,13H2,1-2H3,(H,24,27). The molecule has 0 bridgehead atoms. The Kier molecular flexibility index (Phi) is 6.96. The Balaban J connectivity index is 1.34. The molecule has 0 radical (unpaired) electrons. The summed E-state index contributed by atoms with van der Waals surface area (Å²) in [6, 6.07) is 15.2. The van der Waals surface area contributed by atoms with Crippen molar-refractivity contribution in [3.8, 4) is 26.2 Å². The second-order valence-electron chi connectivity index (χ2n) is 6.46. The summed E-state index contributed by atoms with van der Waals surface area (Å²) in [5, 5.41) is 15.2. The minimum Gasteiger partial charge on any atom is -0.494 e. The van der Waals surface area contributed by atoms with E-state index in [1.54, 1.807) is 22.7 Å². The Hall–Kier alpha value is -2.75. The van der Waals surface area contributed by atoms with Crippen molar-refractivity contribution < 1.29 is 9.53 Å². The molecule has 4 rings (SSSR count). The van der Waals surface area contributed by atoms with Crippen molar-refractivity contribution in [1.29, 1.82) is 0 Å². The molecule has 158 valence electrons. The number of anilines is 1. The first-order chi connectivity index (χ1) is 15.1. The van der Waals surface area contributed by atoms with Gasteiger partial charge >= 0.3 is 0 Å². The van der Waals surface area contributed by atoms with E-state index >= 15 is 0 Å². The molecule has 4 aromatic rings. The fourth-order valence-electron chi connectivity index (χ4n) is 2.80. The third-order valence-corrected chi connectivity index (χ3v) is 7.34. The summed E-state index contributed by atoms with van der Waals surface area (Å²) >= 11 is 4.64. The predicted octanol–water partition coefficient (Wildman–Crippen LogP) is 5.77. The van der Waals surface area contributed by atoms with Gasteiger partial charge in [0.15, 0.2) is 0 Å². The zero-order chi connectivity index (χ0) is 21.6. The number of carbonyl (C=O) groups excluding carboxylic acids is 1. The van der Waals surface area contributed by atoms with Crippen LogP contribution in [0.5, 0.6) is 5.75 Å². The van der Waals surface area contributed by atoms with Gasteiger partial charge < -0.3 is 10.1 Å². The molecule has 6 nitrogen and oxygen atoms in total. The Morgan fingerprint density at radius 3 is 2.65 bits per heavy atom. The molecule has 9 heteroatoms. The molecule has 0 atom stereocenters. The lowest BCUT2D eigenvalue weighted by Gasteiger charge is -2.07.